The lowest BCUT2D eigenvalue weighted by molar-refractivity contribution is 0.0169. The van der Waals surface area contributed by atoms with Crippen LogP contribution in [0.3, 0.4) is 0 Å². The molecule has 0 aromatic heterocycles. The Labute approximate surface area is 178 Å². The lowest BCUT2D eigenvalue weighted by atomic mass is 10.0. The SMILES string of the molecule is CCNC(=NCc1ccc(OC)cc1)NCC(c1cccc(F)c1)N1CCOCC1. The van der Waals surface area contributed by atoms with Crippen molar-refractivity contribution in [3.05, 3.63) is 65.5 Å². The molecule has 30 heavy (non-hydrogen) atoms. The van der Waals surface area contributed by atoms with E-state index in [4.69, 9.17) is 14.5 Å². The highest BCUT2D eigenvalue weighted by molar-refractivity contribution is 5.79. The van der Waals surface area contributed by atoms with Crippen LogP contribution in [0.2, 0.25) is 0 Å². The smallest absolute Gasteiger partial charge is 0.191 e. The van der Waals surface area contributed by atoms with Crippen molar-refractivity contribution in [2.45, 2.75) is 19.5 Å². The number of nitrogens with zero attached hydrogens (tertiary/aromatic N) is 2. The first-order valence-corrected chi connectivity index (χ1v) is 10.4. The molecular weight excluding hydrogens is 383 g/mol. The van der Waals surface area contributed by atoms with E-state index in [1.54, 1.807) is 19.2 Å². The molecule has 6 nitrogen and oxygen atoms in total. The van der Waals surface area contributed by atoms with Gasteiger partial charge in [-0.25, -0.2) is 9.38 Å². The number of ether oxygens (including phenoxy) is 2. The van der Waals surface area contributed by atoms with E-state index in [0.29, 0.717) is 26.3 Å². The second kappa shape index (κ2) is 11.5. The quantitative estimate of drug-likeness (QED) is 0.514. The average Bonchev–Trinajstić information content (AvgIpc) is 2.78. The monoisotopic (exact) mass is 414 g/mol. The van der Waals surface area contributed by atoms with Crippen LogP contribution >= 0.6 is 0 Å². The van der Waals surface area contributed by atoms with Crippen molar-refractivity contribution in [3.63, 3.8) is 0 Å². The fraction of sp³-hybridized carbons (Fsp3) is 0.435. The largest absolute Gasteiger partial charge is 0.497 e. The number of guanidine groups is 1. The number of hydrogen-bond acceptors (Lipinski definition) is 4. The van der Waals surface area contributed by atoms with Gasteiger partial charge in [0.15, 0.2) is 5.96 Å². The van der Waals surface area contributed by atoms with E-state index in [9.17, 15) is 4.39 Å². The Balaban J connectivity index is 1.69. The predicted molar refractivity (Wildman–Crippen MR) is 117 cm³/mol. The Morgan fingerprint density at radius 3 is 2.60 bits per heavy atom. The van der Waals surface area contributed by atoms with Crippen molar-refractivity contribution < 1.29 is 13.9 Å². The Bertz CT molecular complexity index is 807. The van der Waals surface area contributed by atoms with Gasteiger partial charge in [-0.15, -0.1) is 0 Å². The highest BCUT2D eigenvalue weighted by atomic mass is 19.1. The molecule has 0 amide bonds. The summed E-state index contributed by atoms with van der Waals surface area (Å²) in [5.74, 6) is 1.35. The molecule has 1 saturated heterocycles. The number of methoxy groups -OCH3 is 1. The van der Waals surface area contributed by atoms with Gasteiger partial charge in [0, 0.05) is 26.2 Å². The number of aliphatic imine (C=N–C) groups is 1. The van der Waals surface area contributed by atoms with Gasteiger partial charge in [-0.2, -0.15) is 0 Å². The fourth-order valence-corrected chi connectivity index (χ4v) is 3.50. The third-order valence-electron chi connectivity index (χ3n) is 5.11. The lowest BCUT2D eigenvalue weighted by Crippen LogP contribution is -2.46. The molecule has 2 N–H and O–H groups in total. The molecule has 3 rings (SSSR count). The molecule has 7 heteroatoms. The van der Waals surface area contributed by atoms with Gasteiger partial charge in [-0.05, 0) is 42.3 Å². The molecule has 0 spiro atoms. The third-order valence-corrected chi connectivity index (χ3v) is 5.11. The summed E-state index contributed by atoms with van der Waals surface area (Å²) < 4.78 is 24.6. The predicted octanol–water partition coefficient (Wildman–Crippen LogP) is 2.96. The van der Waals surface area contributed by atoms with E-state index in [1.807, 2.05) is 37.3 Å². The van der Waals surface area contributed by atoms with Crippen LogP contribution in [0.1, 0.15) is 24.1 Å². The molecule has 1 unspecified atom stereocenters. The highest BCUT2D eigenvalue weighted by Crippen LogP contribution is 2.22. The number of rotatable bonds is 8. The van der Waals surface area contributed by atoms with E-state index in [1.165, 1.54) is 6.07 Å². The van der Waals surface area contributed by atoms with E-state index in [2.05, 4.69) is 15.5 Å². The van der Waals surface area contributed by atoms with Gasteiger partial charge in [0.2, 0.25) is 0 Å². The number of morpholine rings is 1. The van der Waals surface area contributed by atoms with Crippen LogP contribution in [-0.2, 0) is 11.3 Å². The van der Waals surface area contributed by atoms with Crippen LogP contribution in [0.5, 0.6) is 5.75 Å². The molecular formula is C23H31FN4O2. The molecule has 162 valence electrons. The average molecular weight is 415 g/mol. The number of nitrogens with one attached hydrogen (secondary N) is 2. The molecule has 2 aromatic carbocycles. The van der Waals surface area contributed by atoms with E-state index < -0.39 is 0 Å². The number of hydrogen-bond donors (Lipinski definition) is 2. The summed E-state index contributed by atoms with van der Waals surface area (Å²) >= 11 is 0. The highest BCUT2D eigenvalue weighted by Gasteiger charge is 2.23. The Hall–Kier alpha value is -2.64. The first-order valence-electron chi connectivity index (χ1n) is 10.4. The maximum absolute atomic E-state index is 13.9. The fourth-order valence-electron chi connectivity index (χ4n) is 3.50. The zero-order chi connectivity index (χ0) is 21.2. The molecule has 0 radical (unpaired) electrons. The number of benzene rings is 2. The second-order valence-corrected chi connectivity index (χ2v) is 7.14. The first kappa shape index (κ1) is 22.1. The maximum Gasteiger partial charge on any atom is 0.191 e. The standard InChI is InChI=1S/C23H31FN4O2/c1-3-25-23(26-16-18-7-9-21(29-2)10-8-18)27-17-22(28-11-13-30-14-12-28)19-5-4-6-20(24)15-19/h4-10,15,22H,3,11-14,16-17H2,1-2H3,(H2,25,26,27). The minimum Gasteiger partial charge on any atom is -0.497 e. The molecule has 1 fully saturated rings. The van der Waals surface area contributed by atoms with Crippen LogP contribution in [0, 0.1) is 5.82 Å². The first-order chi connectivity index (χ1) is 14.7. The molecule has 1 aliphatic rings. The van der Waals surface area contributed by atoms with Gasteiger partial charge in [0.05, 0.1) is 32.9 Å². The zero-order valence-electron chi connectivity index (χ0n) is 17.7. The summed E-state index contributed by atoms with van der Waals surface area (Å²) in [6.45, 7) is 7.01. The van der Waals surface area contributed by atoms with Crippen molar-refractivity contribution in [1.29, 1.82) is 0 Å². The van der Waals surface area contributed by atoms with E-state index >= 15 is 0 Å². The minimum absolute atomic E-state index is 0.0365. The summed E-state index contributed by atoms with van der Waals surface area (Å²) in [7, 11) is 1.66. The Kier molecular flexibility index (Phi) is 8.47. The lowest BCUT2D eigenvalue weighted by Gasteiger charge is -2.35. The molecule has 0 saturated carbocycles. The molecule has 1 atom stereocenters. The van der Waals surface area contributed by atoms with Gasteiger partial charge in [-0.1, -0.05) is 24.3 Å². The van der Waals surface area contributed by atoms with Crippen LogP contribution in [0.25, 0.3) is 0 Å². The van der Waals surface area contributed by atoms with Crippen LogP contribution < -0.4 is 15.4 Å². The topological polar surface area (TPSA) is 58.1 Å². The summed E-state index contributed by atoms with van der Waals surface area (Å²) in [5, 5.41) is 6.73. The van der Waals surface area contributed by atoms with Crippen molar-refractivity contribution in [2.75, 3.05) is 46.5 Å². The second-order valence-electron chi connectivity index (χ2n) is 7.14. The summed E-state index contributed by atoms with van der Waals surface area (Å²) in [4.78, 5) is 7.04. The van der Waals surface area contributed by atoms with Crippen LogP contribution in [-0.4, -0.2) is 57.4 Å². The third kappa shape index (κ3) is 6.43. The zero-order valence-corrected chi connectivity index (χ0v) is 17.7. The van der Waals surface area contributed by atoms with Crippen molar-refractivity contribution >= 4 is 5.96 Å². The van der Waals surface area contributed by atoms with E-state index in [-0.39, 0.29) is 11.9 Å². The molecule has 1 heterocycles. The van der Waals surface area contributed by atoms with Gasteiger partial charge in [0.25, 0.3) is 0 Å². The summed E-state index contributed by atoms with van der Waals surface area (Å²) in [6.07, 6.45) is 0. The van der Waals surface area contributed by atoms with Crippen LogP contribution in [0.15, 0.2) is 53.5 Å². The molecule has 2 aromatic rings. The Morgan fingerprint density at radius 2 is 1.93 bits per heavy atom. The maximum atomic E-state index is 13.9. The molecule has 0 aliphatic carbocycles. The van der Waals surface area contributed by atoms with Crippen molar-refractivity contribution in [3.8, 4) is 5.75 Å². The van der Waals surface area contributed by atoms with Gasteiger partial charge < -0.3 is 20.1 Å². The van der Waals surface area contributed by atoms with E-state index in [0.717, 1.165) is 42.5 Å². The Morgan fingerprint density at radius 1 is 1.17 bits per heavy atom. The number of halogens is 1. The van der Waals surface area contributed by atoms with Crippen molar-refractivity contribution in [2.24, 2.45) is 4.99 Å². The van der Waals surface area contributed by atoms with Gasteiger partial charge in [0.1, 0.15) is 11.6 Å². The van der Waals surface area contributed by atoms with Crippen LogP contribution in [0.4, 0.5) is 4.39 Å². The molecule has 0 bridgehead atoms. The molecule has 1 aliphatic heterocycles. The minimum atomic E-state index is -0.217. The van der Waals surface area contributed by atoms with Crippen molar-refractivity contribution in [1.82, 2.24) is 15.5 Å². The van der Waals surface area contributed by atoms with Gasteiger partial charge >= 0.3 is 0 Å². The van der Waals surface area contributed by atoms with Gasteiger partial charge in [-0.3, -0.25) is 4.90 Å². The summed E-state index contributed by atoms with van der Waals surface area (Å²) in [6, 6.07) is 14.8. The normalized spacial score (nSPS) is 16.2. The summed E-state index contributed by atoms with van der Waals surface area (Å²) in [5.41, 5.74) is 2.05.